The molecule has 0 aliphatic rings. The van der Waals surface area contributed by atoms with Crippen molar-refractivity contribution >= 4 is 23.5 Å². The normalized spacial score (nSPS) is 10.9. The molecule has 6 heteroatoms. The van der Waals surface area contributed by atoms with Gasteiger partial charge >= 0.3 is 0 Å². The Kier molecular flexibility index (Phi) is 4.28. The van der Waals surface area contributed by atoms with Crippen LogP contribution in [0.3, 0.4) is 0 Å². The van der Waals surface area contributed by atoms with E-state index >= 15 is 0 Å². The van der Waals surface area contributed by atoms with E-state index in [2.05, 4.69) is 10.5 Å². The first-order chi connectivity index (χ1) is 9.74. The lowest BCUT2D eigenvalue weighted by atomic mass is 10.2. The molecule has 1 aromatic carbocycles. The molecule has 0 radical (unpaired) electrons. The average molecular weight is 272 g/mol. The second-order valence-corrected chi connectivity index (χ2v) is 3.76. The number of ketones is 1. The fourth-order valence-corrected chi connectivity index (χ4v) is 1.45. The smallest absolute Gasteiger partial charge is 0.251 e. The molecule has 0 amide bonds. The van der Waals surface area contributed by atoms with E-state index in [1.54, 1.807) is 37.4 Å². The van der Waals surface area contributed by atoms with Crippen LogP contribution >= 0.6 is 0 Å². The molecule has 0 atom stereocenters. The minimum atomic E-state index is -0.578. The molecule has 0 unspecified atom stereocenters. The maximum absolute atomic E-state index is 11.8. The first-order valence-electron chi connectivity index (χ1n) is 5.75. The lowest BCUT2D eigenvalue weighted by Crippen LogP contribution is -2.16. The summed E-state index contributed by atoms with van der Waals surface area (Å²) in [5, 5.41) is 3.77. The van der Waals surface area contributed by atoms with Gasteiger partial charge in [-0.15, -0.1) is 0 Å². The SMILES string of the molecule is COc1ccc(NN=C(C=O)C(=O)c2ccco2)cc1. The number of methoxy groups -OCH3 is 1. The number of hydrogen-bond donors (Lipinski definition) is 1. The van der Waals surface area contributed by atoms with Crippen LogP contribution in [-0.4, -0.2) is 24.9 Å². The van der Waals surface area contributed by atoms with Crippen molar-refractivity contribution in [2.45, 2.75) is 0 Å². The Balaban J connectivity index is 2.11. The standard InChI is InChI=1S/C14H12N2O4/c1-19-11-6-4-10(5-7-11)15-16-12(9-17)14(18)13-3-2-8-20-13/h2-9,15H,1H3. The molecule has 1 heterocycles. The molecule has 0 saturated heterocycles. The molecule has 0 bridgehead atoms. The molecule has 0 saturated carbocycles. The van der Waals surface area contributed by atoms with Crippen molar-refractivity contribution in [3.8, 4) is 5.75 Å². The van der Waals surface area contributed by atoms with Crippen LogP contribution < -0.4 is 10.2 Å². The molecule has 0 fully saturated rings. The second-order valence-electron chi connectivity index (χ2n) is 3.76. The summed E-state index contributed by atoms with van der Waals surface area (Å²) in [6.45, 7) is 0. The summed E-state index contributed by atoms with van der Waals surface area (Å²) >= 11 is 0. The molecular weight excluding hydrogens is 260 g/mol. The van der Waals surface area contributed by atoms with Gasteiger partial charge in [-0.05, 0) is 36.4 Å². The maximum Gasteiger partial charge on any atom is 0.251 e. The van der Waals surface area contributed by atoms with Crippen LogP contribution in [0.25, 0.3) is 0 Å². The first-order valence-corrected chi connectivity index (χ1v) is 5.75. The third-order valence-electron chi connectivity index (χ3n) is 2.48. The van der Waals surface area contributed by atoms with E-state index in [-0.39, 0.29) is 11.5 Å². The Labute approximate surface area is 115 Å². The Hall–Kier alpha value is -2.89. The van der Waals surface area contributed by atoms with E-state index in [9.17, 15) is 9.59 Å². The molecule has 102 valence electrons. The van der Waals surface area contributed by atoms with Crippen molar-refractivity contribution in [1.82, 2.24) is 0 Å². The number of rotatable bonds is 6. The van der Waals surface area contributed by atoms with Gasteiger partial charge in [0.05, 0.1) is 19.1 Å². The number of hydrazone groups is 1. The van der Waals surface area contributed by atoms with Gasteiger partial charge in [-0.25, -0.2) is 0 Å². The van der Waals surface area contributed by atoms with Gasteiger partial charge < -0.3 is 9.15 Å². The molecule has 0 aliphatic carbocycles. The summed E-state index contributed by atoms with van der Waals surface area (Å²) in [6, 6.07) is 9.91. The van der Waals surface area contributed by atoms with Gasteiger partial charge in [-0.1, -0.05) is 0 Å². The van der Waals surface area contributed by atoms with E-state index in [1.807, 2.05) is 0 Å². The molecule has 2 aromatic rings. The summed E-state index contributed by atoms with van der Waals surface area (Å²) in [5.74, 6) is 0.181. The third kappa shape index (κ3) is 3.11. The zero-order chi connectivity index (χ0) is 14.4. The predicted octanol–water partition coefficient (Wildman–Crippen LogP) is 2.14. The van der Waals surface area contributed by atoms with E-state index < -0.39 is 5.78 Å². The number of carbonyl (C=O) groups is 2. The number of carbonyl (C=O) groups excluding carboxylic acids is 2. The van der Waals surface area contributed by atoms with Crippen LogP contribution in [0, 0.1) is 0 Å². The first kappa shape index (κ1) is 13.5. The number of benzene rings is 1. The largest absolute Gasteiger partial charge is 0.497 e. The van der Waals surface area contributed by atoms with Gasteiger partial charge in [0.15, 0.2) is 17.8 Å². The summed E-state index contributed by atoms with van der Waals surface area (Å²) < 4.78 is 9.94. The molecule has 20 heavy (non-hydrogen) atoms. The van der Waals surface area contributed by atoms with Gasteiger partial charge in [-0.2, -0.15) is 5.10 Å². The zero-order valence-electron chi connectivity index (χ0n) is 10.7. The van der Waals surface area contributed by atoms with Gasteiger partial charge in [0, 0.05) is 0 Å². The summed E-state index contributed by atoms with van der Waals surface area (Å²) in [4.78, 5) is 22.8. The highest BCUT2D eigenvalue weighted by molar-refractivity contribution is 6.63. The number of hydrogen-bond acceptors (Lipinski definition) is 6. The van der Waals surface area contributed by atoms with Crippen molar-refractivity contribution < 1.29 is 18.7 Å². The van der Waals surface area contributed by atoms with E-state index in [1.165, 1.54) is 12.3 Å². The topological polar surface area (TPSA) is 80.9 Å². The van der Waals surface area contributed by atoms with Crippen LogP contribution in [0.5, 0.6) is 5.75 Å². The van der Waals surface area contributed by atoms with Crippen LogP contribution in [0.15, 0.2) is 52.2 Å². The average Bonchev–Trinajstić information content (AvgIpc) is 3.02. The molecule has 1 aromatic heterocycles. The number of anilines is 1. The Morgan fingerprint density at radius 3 is 2.60 bits per heavy atom. The number of nitrogens with one attached hydrogen (secondary N) is 1. The van der Waals surface area contributed by atoms with E-state index in [0.717, 1.165) is 0 Å². The molecule has 0 aliphatic heterocycles. The second kappa shape index (κ2) is 6.33. The molecule has 6 nitrogen and oxygen atoms in total. The van der Waals surface area contributed by atoms with E-state index in [4.69, 9.17) is 9.15 Å². The summed E-state index contributed by atoms with van der Waals surface area (Å²) in [7, 11) is 1.56. The highest BCUT2D eigenvalue weighted by Crippen LogP contribution is 2.15. The predicted molar refractivity (Wildman–Crippen MR) is 73.2 cm³/mol. The number of aldehydes is 1. The molecule has 1 N–H and O–H groups in total. The number of Topliss-reactive ketones (excluding diaryl/α,β-unsaturated/α-hetero) is 1. The Morgan fingerprint density at radius 1 is 1.30 bits per heavy atom. The zero-order valence-corrected chi connectivity index (χ0v) is 10.7. The van der Waals surface area contributed by atoms with Crippen molar-refractivity contribution in [3.05, 3.63) is 48.4 Å². The van der Waals surface area contributed by atoms with Crippen molar-refractivity contribution in [1.29, 1.82) is 0 Å². The van der Waals surface area contributed by atoms with Gasteiger partial charge in [0.25, 0.3) is 5.78 Å². The van der Waals surface area contributed by atoms with Crippen molar-refractivity contribution in [3.63, 3.8) is 0 Å². The van der Waals surface area contributed by atoms with Crippen LogP contribution in [-0.2, 0) is 4.79 Å². The third-order valence-corrected chi connectivity index (χ3v) is 2.48. The Bertz CT molecular complexity index is 615. The summed E-state index contributed by atoms with van der Waals surface area (Å²) in [5.41, 5.74) is 2.98. The van der Waals surface area contributed by atoms with Crippen molar-refractivity contribution in [2.75, 3.05) is 12.5 Å². The fraction of sp³-hybridized carbons (Fsp3) is 0.0714. The highest BCUT2D eigenvalue weighted by Gasteiger charge is 2.16. The maximum atomic E-state index is 11.8. The summed E-state index contributed by atoms with van der Waals surface area (Å²) in [6.07, 6.45) is 1.73. The van der Waals surface area contributed by atoms with Gasteiger partial charge in [0.1, 0.15) is 5.75 Å². The minimum absolute atomic E-state index is 0.0624. The van der Waals surface area contributed by atoms with Crippen molar-refractivity contribution in [2.24, 2.45) is 5.10 Å². The molecule has 2 rings (SSSR count). The lowest BCUT2D eigenvalue weighted by molar-refractivity contribution is -0.102. The number of ether oxygens (including phenoxy) is 1. The lowest BCUT2D eigenvalue weighted by Gasteiger charge is -2.03. The monoisotopic (exact) mass is 272 g/mol. The van der Waals surface area contributed by atoms with Crippen LogP contribution in [0.4, 0.5) is 5.69 Å². The number of furan rings is 1. The molecule has 0 spiro atoms. The fourth-order valence-electron chi connectivity index (χ4n) is 1.45. The molecular formula is C14H12N2O4. The highest BCUT2D eigenvalue weighted by atomic mass is 16.5. The van der Waals surface area contributed by atoms with E-state index in [0.29, 0.717) is 17.7 Å². The Morgan fingerprint density at radius 2 is 2.05 bits per heavy atom. The quantitative estimate of drug-likeness (QED) is 0.286. The van der Waals surface area contributed by atoms with Crippen LogP contribution in [0.2, 0.25) is 0 Å². The number of nitrogens with zero attached hydrogens (tertiary/aromatic N) is 1. The van der Waals surface area contributed by atoms with Crippen LogP contribution in [0.1, 0.15) is 10.6 Å². The van der Waals surface area contributed by atoms with Gasteiger partial charge in [0.2, 0.25) is 0 Å². The minimum Gasteiger partial charge on any atom is -0.497 e. The van der Waals surface area contributed by atoms with Gasteiger partial charge in [-0.3, -0.25) is 15.0 Å².